The van der Waals surface area contributed by atoms with Crippen LogP contribution in [0.15, 0.2) is 0 Å². The maximum Gasteiger partial charge on any atom is 0.0599 e. The minimum Gasteiger partial charge on any atom is -0.395 e. The molecule has 4 heteroatoms. The number of aliphatic hydroxyl groups is 1. The van der Waals surface area contributed by atoms with E-state index < -0.39 is 0 Å². The Morgan fingerprint density at radius 2 is 2.50 bits per heavy atom. The van der Waals surface area contributed by atoms with E-state index in [0.717, 1.165) is 13.0 Å². The van der Waals surface area contributed by atoms with Gasteiger partial charge in [-0.15, -0.1) is 0 Å². The monoisotopic (exact) mass is 117 g/mol. The molecular formula is C4H11N3O. The van der Waals surface area contributed by atoms with Gasteiger partial charge in [-0.25, -0.2) is 10.9 Å². The molecule has 0 aromatic heterocycles. The van der Waals surface area contributed by atoms with Crippen molar-refractivity contribution in [3.63, 3.8) is 0 Å². The molecule has 1 heterocycles. The standard InChI is InChI=1S/C4H11N3O/c8-3-4-1-2-5-7-6-4/h4-8H,1-3H2. The molecule has 8 heavy (non-hydrogen) atoms. The summed E-state index contributed by atoms with van der Waals surface area (Å²) in [5.74, 6) is 0. The molecule has 1 fully saturated rings. The lowest BCUT2D eigenvalue weighted by Crippen LogP contribution is -2.56. The highest BCUT2D eigenvalue weighted by atomic mass is 16.3. The summed E-state index contributed by atoms with van der Waals surface area (Å²) in [5.41, 5.74) is 8.46. The molecule has 1 aliphatic heterocycles. The van der Waals surface area contributed by atoms with Gasteiger partial charge in [0.15, 0.2) is 0 Å². The van der Waals surface area contributed by atoms with Gasteiger partial charge >= 0.3 is 0 Å². The van der Waals surface area contributed by atoms with Gasteiger partial charge in [0.05, 0.1) is 6.61 Å². The lowest BCUT2D eigenvalue weighted by atomic mass is 10.2. The van der Waals surface area contributed by atoms with E-state index in [1.807, 2.05) is 0 Å². The summed E-state index contributed by atoms with van der Waals surface area (Å²) in [6.45, 7) is 1.12. The van der Waals surface area contributed by atoms with Gasteiger partial charge in [-0.2, -0.15) is 5.53 Å². The van der Waals surface area contributed by atoms with Gasteiger partial charge in [-0.1, -0.05) is 0 Å². The third-order valence-electron chi connectivity index (χ3n) is 1.20. The number of nitrogens with one attached hydrogen (secondary N) is 3. The SMILES string of the molecule is OCC1CCNNN1. The highest BCUT2D eigenvalue weighted by Gasteiger charge is 2.08. The first-order valence-corrected chi connectivity index (χ1v) is 2.77. The molecule has 0 aromatic carbocycles. The second-order valence-corrected chi connectivity index (χ2v) is 1.86. The fraction of sp³-hybridized carbons (Fsp3) is 1.00. The molecule has 0 bridgehead atoms. The Balaban J connectivity index is 2.13. The molecule has 1 aliphatic rings. The molecule has 1 rings (SSSR count). The topological polar surface area (TPSA) is 56.3 Å². The van der Waals surface area contributed by atoms with E-state index in [9.17, 15) is 0 Å². The third kappa shape index (κ3) is 1.41. The third-order valence-corrected chi connectivity index (χ3v) is 1.20. The maximum absolute atomic E-state index is 8.56. The molecule has 1 saturated heterocycles. The molecular weight excluding hydrogens is 106 g/mol. The highest BCUT2D eigenvalue weighted by molar-refractivity contribution is 4.65. The predicted molar refractivity (Wildman–Crippen MR) is 29.8 cm³/mol. The Bertz CT molecular complexity index is 62.3. The number of hydrazine groups is 2. The summed E-state index contributed by atoms with van der Waals surface area (Å²) in [6, 6.07) is 0.219. The van der Waals surface area contributed by atoms with E-state index in [1.54, 1.807) is 0 Å². The molecule has 4 nitrogen and oxygen atoms in total. The van der Waals surface area contributed by atoms with Crippen molar-refractivity contribution in [2.24, 2.45) is 0 Å². The maximum atomic E-state index is 8.56. The summed E-state index contributed by atoms with van der Waals surface area (Å²) >= 11 is 0. The van der Waals surface area contributed by atoms with Crippen LogP contribution in [-0.4, -0.2) is 24.3 Å². The zero-order valence-electron chi connectivity index (χ0n) is 4.65. The van der Waals surface area contributed by atoms with Crippen LogP contribution in [0.5, 0.6) is 0 Å². The normalized spacial score (nSPS) is 30.4. The van der Waals surface area contributed by atoms with E-state index in [2.05, 4.69) is 16.4 Å². The van der Waals surface area contributed by atoms with Gasteiger partial charge in [0, 0.05) is 12.6 Å². The lowest BCUT2D eigenvalue weighted by molar-refractivity contribution is 0.187. The lowest BCUT2D eigenvalue weighted by Gasteiger charge is -2.22. The van der Waals surface area contributed by atoms with E-state index >= 15 is 0 Å². The summed E-state index contributed by atoms with van der Waals surface area (Å²) < 4.78 is 0. The number of hydrogen-bond acceptors (Lipinski definition) is 4. The molecule has 0 amide bonds. The minimum absolute atomic E-state index is 0.203. The molecule has 0 aromatic rings. The van der Waals surface area contributed by atoms with Crippen molar-refractivity contribution in [2.45, 2.75) is 12.5 Å². The molecule has 1 unspecified atom stereocenters. The number of aliphatic hydroxyl groups excluding tert-OH is 1. The van der Waals surface area contributed by atoms with Crippen LogP contribution >= 0.6 is 0 Å². The molecule has 0 spiro atoms. The first kappa shape index (κ1) is 5.97. The van der Waals surface area contributed by atoms with Crippen LogP contribution in [-0.2, 0) is 0 Å². The molecule has 1 atom stereocenters. The fourth-order valence-electron chi connectivity index (χ4n) is 0.671. The van der Waals surface area contributed by atoms with Crippen LogP contribution in [0.2, 0.25) is 0 Å². The van der Waals surface area contributed by atoms with Crippen LogP contribution in [0.3, 0.4) is 0 Å². The summed E-state index contributed by atoms with van der Waals surface area (Å²) in [4.78, 5) is 0. The Labute approximate surface area is 48.2 Å². The van der Waals surface area contributed by atoms with E-state index in [0.29, 0.717) is 0 Å². The second kappa shape index (κ2) is 2.99. The average Bonchev–Trinajstić information content (AvgIpc) is 1.90. The predicted octanol–water partition coefficient (Wildman–Crippen LogP) is -1.65. The molecule has 48 valence electrons. The number of rotatable bonds is 1. The first-order chi connectivity index (χ1) is 3.93. The quantitative estimate of drug-likeness (QED) is 0.332. The Morgan fingerprint density at radius 1 is 1.62 bits per heavy atom. The van der Waals surface area contributed by atoms with Gasteiger partial charge in [-0.3, -0.25) is 0 Å². The molecule has 0 aliphatic carbocycles. The van der Waals surface area contributed by atoms with Crippen molar-refractivity contribution in [1.82, 2.24) is 16.4 Å². The van der Waals surface area contributed by atoms with E-state index in [1.165, 1.54) is 0 Å². The zero-order valence-corrected chi connectivity index (χ0v) is 4.65. The van der Waals surface area contributed by atoms with Crippen molar-refractivity contribution in [3.05, 3.63) is 0 Å². The first-order valence-electron chi connectivity index (χ1n) is 2.77. The van der Waals surface area contributed by atoms with Crippen molar-refractivity contribution < 1.29 is 5.11 Å². The Kier molecular flexibility index (Phi) is 2.23. The summed E-state index contributed by atoms with van der Waals surface area (Å²) in [7, 11) is 0. The zero-order chi connectivity index (χ0) is 5.82. The summed E-state index contributed by atoms with van der Waals surface area (Å²) in [6.07, 6.45) is 0.976. The van der Waals surface area contributed by atoms with Crippen molar-refractivity contribution in [3.8, 4) is 0 Å². The largest absolute Gasteiger partial charge is 0.395 e. The molecule has 4 N–H and O–H groups in total. The molecule has 0 saturated carbocycles. The van der Waals surface area contributed by atoms with Gasteiger partial charge in [0.2, 0.25) is 0 Å². The second-order valence-electron chi connectivity index (χ2n) is 1.86. The van der Waals surface area contributed by atoms with Gasteiger partial charge in [-0.05, 0) is 6.42 Å². The van der Waals surface area contributed by atoms with E-state index in [-0.39, 0.29) is 12.6 Å². The van der Waals surface area contributed by atoms with Crippen molar-refractivity contribution in [1.29, 1.82) is 0 Å². The van der Waals surface area contributed by atoms with Crippen molar-refractivity contribution >= 4 is 0 Å². The van der Waals surface area contributed by atoms with Gasteiger partial charge < -0.3 is 5.11 Å². The van der Waals surface area contributed by atoms with Gasteiger partial charge in [0.1, 0.15) is 0 Å². The summed E-state index contributed by atoms with van der Waals surface area (Å²) in [5, 5.41) is 8.56. The smallest absolute Gasteiger partial charge is 0.0599 e. The number of hydrogen-bond donors (Lipinski definition) is 4. The molecule has 0 radical (unpaired) electrons. The van der Waals surface area contributed by atoms with Crippen LogP contribution in [0.4, 0.5) is 0 Å². The van der Waals surface area contributed by atoms with Crippen LogP contribution in [0, 0.1) is 0 Å². The van der Waals surface area contributed by atoms with Gasteiger partial charge in [0.25, 0.3) is 0 Å². The average molecular weight is 117 g/mol. The van der Waals surface area contributed by atoms with E-state index in [4.69, 9.17) is 5.11 Å². The fourth-order valence-corrected chi connectivity index (χ4v) is 0.671. The van der Waals surface area contributed by atoms with Crippen LogP contribution < -0.4 is 16.4 Å². The minimum atomic E-state index is 0.203. The van der Waals surface area contributed by atoms with Crippen LogP contribution in [0.25, 0.3) is 0 Å². The van der Waals surface area contributed by atoms with Crippen LogP contribution in [0.1, 0.15) is 6.42 Å². The Morgan fingerprint density at radius 3 is 2.88 bits per heavy atom. The Hall–Kier alpha value is -0.160. The highest BCUT2D eigenvalue weighted by Crippen LogP contribution is 1.88. The van der Waals surface area contributed by atoms with Crippen molar-refractivity contribution in [2.75, 3.05) is 13.2 Å².